The number of ether oxygens (including phenoxy) is 3. The van der Waals surface area contributed by atoms with Crippen LogP contribution in [0.15, 0.2) is 48.5 Å². The van der Waals surface area contributed by atoms with Crippen LogP contribution in [0, 0.1) is 0 Å². The van der Waals surface area contributed by atoms with E-state index in [1.54, 1.807) is 55.5 Å². The predicted octanol–water partition coefficient (Wildman–Crippen LogP) is 2.13. The van der Waals surface area contributed by atoms with Crippen LogP contribution < -0.4 is 19.7 Å². The van der Waals surface area contributed by atoms with Gasteiger partial charge in [0.15, 0.2) is 18.1 Å². The molecule has 8 nitrogen and oxygen atoms in total. The molecule has 2 aromatic carbocycles. The molecule has 2 atom stereocenters. The zero-order valence-electron chi connectivity index (χ0n) is 15.8. The average molecular weight is 396 g/mol. The number of amides is 2. The molecule has 4 rings (SSSR count). The summed E-state index contributed by atoms with van der Waals surface area (Å²) in [4.78, 5) is 38.7. The van der Waals surface area contributed by atoms with E-state index in [-0.39, 0.29) is 25.0 Å². The number of benzene rings is 2. The first-order valence-corrected chi connectivity index (χ1v) is 9.29. The minimum atomic E-state index is -0.949. The van der Waals surface area contributed by atoms with Crippen molar-refractivity contribution >= 4 is 29.2 Å². The molecule has 0 spiro atoms. The lowest BCUT2D eigenvalue weighted by Crippen LogP contribution is -2.43. The number of nitrogens with zero attached hydrogens (tertiary/aromatic N) is 1. The SMILES string of the molecule is C[C@H]1CC(=O)Nc2ccccc2N1C(=O)COC(=O)[C@H]1COc2ccccc2O1. The Morgan fingerprint density at radius 3 is 2.69 bits per heavy atom. The fourth-order valence-electron chi connectivity index (χ4n) is 3.40. The van der Waals surface area contributed by atoms with Gasteiger partial charge in [0.25, 0.3) is 5.91 Å². The Hall–Kier alpha value is -3.55. The third kappa shape index (κ3) is 3.87. The summed E-state index contributed by atoms with van der Waals surface area (Å²) in [6.45, 7) is 1.31. The molecule has 2 aliphatic rings. The van der Waals surface area contributed by atoms with Gasteiger partial charge in [-0.05, 0) is 31.2 Å². The van der Waals surface area contributed by atoms with Crippen LogP contribution in [0.25, 0.3) is 0 Å². The van der Waals surface area contributed by atoms with E-state index in [1.807, 2.05) is 0 Å². The van der Waals surface area contributed by atoms with E-state index in [4.69, 9.17) is 14.2 Å². The van der Waals surface area contributed by atoms with Crippen molar-refractivity contribution in [2.24, 2.45) is 0 Å². The monoisotopic (exact) mass is 396 g/mol. The number of hydrogen-bond acceptors (Lipinski definition) is 6. The summed E-state index contributed by atoms with van der Waals surface area (Å²) in [5, 5.41) is 2.79. The first kappa shape index (κ1) is 18.8. The van der Waals surface area contributed by atoms with Crippen molar-refractivity contribution in [3.8, 4) is 11.5 Å². The minimum absolute atomic E-state index is 0.00537. The molecule has 150 valence electrons. The second-order valence-electron chi connectivity index (χ2n) is 6.85. The molecule has 0 fully saturated rings. The summed E-state index contributed by atoms with van der Waals surface area (Å²) in [5.41, 5.74) is 1.11. The van der Waals surface area contributed by atoms with Crippen LogP contribution >= 0.6 is 0 Å². The van der Waals surface area contributed by atoms with Gasteiger partial charge in [-0.15, -0.1) is 0 Å². The highest BCUT2D eigenvalue weighted by Crippen LogP contribution is 2.32. The lowest BCUT2D eigenvalue weighted by atomic mass is 10.1. The van der Waals surface area contributed by atoms with Gasteiger partial charge in [0.05, 0.1) is 11.4 Å². The van der Waals surface area contributed by atoms with E-state index < -0.39 is 24.6 Å². The zero-order valence-corrected chi connectivity index (χ0v) is 15.8. The lowest BCUT2D eigenvalue weighted by molar-refractivity contribution is -0.157. The maximum Gasteiger partial charge on any atom is 0.351 e. The summed E-state index contributed by atoms with van der Waals surface area (Å²) < 4.78 is 16.3. The fourth-order valence-corrected chi connectivity index (χ4v) is 3.40. The maximum absolute atomic E-state index is 12.9. The fraction of sp³-hybridized carbons (Fsp3) is 0.286. The third-order valence-corrected chi connectivity index (χ3v) is 4.74. The van der Waals surface area contributed by atoms with Gasteiger partial charge in [-0.25, -0.2) is 4.79 Å². The van der Waals surface area contributed by atoms with Crippen LogP contribution in [-0.2, 0) is 19.1 Å². The predicted molar refractivity (Wildman–Crippen MR) is 104 cm³/mol. The second kappa shape index (κ2) is 7.83. The molecular formula is C21H20N2O6. The molecule has 2 aromatic rings. The molecule has 2 amide bonds. The number of fused-ring (bicyclic) bond motifs is 2. The number of rotatable bonds is 3. The van der Waals surface area contributed by atoms with Crippen molar-refractivity contribution in [3.05, 3.63) is 48.5 Å². The van der Waals surface area contributed by atoms with Gasteiger partial charge < -0.3 is 24.4 Å². The number of para-hydroxylation sites is 4. The van der Waals surface area contributed by atoms with Crippen molar-refractivity contribution < 1.29 is 28.6 Å². The topological polar surface area (TPSA) is 94.2 Å². The van der Waals surface area contributed by atoms with Crippen molar-refractivity contribution in [1.29, 1.82) is 0 Å². The van der Waals surface area contributed by atoms with Gasteiger partial charge >= 0.3 is 5.97 Å². The lowest BCUT2D eigenvalue weighted by Gasteiger charge is -2.28. The molecule has 2 heterocycles. The highest BCUT2D eigenvalue weighted by atomic mass is 16.6. The van der Waals surface area contributed by atoms with Crippen molar-refractivity contribution in [1.82, 2.24) is 0 Å². The van der Waals surface area contributed by atoms with Crippen molar-refractivity contribution in [2.45, 2.75) is 25.5 Å². The summed E-state index contributed by atoms with van der Waals surface area (Å²) in [6, 6.07) is 13.6. The standard InChI is InChI=1S/C21H20N2O6/c1-13-10-19(24)22-14-6-2-3-7-15(14)23(13)20(25)12-28-21(26)18-11-27-16-8-4-5-9-17(16)29-18/h2-9,13,18H,10-12H2,1H3,(H,22,24)/t13-,18+/m0/s1. The van der Waals surface area contributed by atoms with Gasteiger partial charge in [0.1, 0.15) is 6.61 Å². The Morgan fingerprint density at radius 2 is 1.86 bits per heavy atom. The molecule has 0 saturated carbocycles. The molecule has 0 radical (unpaired) electrons. The molecule has 0 saturated heterocycles. The Labute approximate surface area is 167 Å². The van der Waals surface area contributed by atoms with E-state index in [0.29, 0.717) is 22.9 Å². The number of carbonyl (C=O) groups excluding carboxylic acids is 3. The molecule has 2 aliphatic heterocycles. The smallest absolute Gasteiger partial charge is 0.351 e. The number of nitrogens with one attached hydrogen (secondary N) is 1. The highest BCUT2D eigenvalue weighted by Gasteiger charge is 2.32. The van der Waals surface area contributed by atoms with E-state index in [1.165, 1.54) is 4.90 Å². The quantitative estimate of drug-likeness (QED) is 0.799. The molecule has 0 aliphatic carbocycles. The molecule has 29 heavy (non-hydrogen) atoms. The van der Waals surface area contributed by atoms with Gasteiger partial charge in [0, 0.05) is 12.5 Å². The molecule has 8 heteroatoms. The Bertz CT molecular complexity index is 960. The summed E-state index contributed by atoms with van der Waals surface area (Å²) in [7, 11) is 0. The zero-order chi connectivity index (χ0) is 20.4. The number of carbonyl (C=O) groups is 3. The molecule has 1 N–H and O–H groups in total. The number of hydrogen-bond donors (Lipinski definition) is 1. The van der Waals surface area contributed by atoms with Crippen molar-refractivity contribution in [3.63, 3.8) is 0 Å². The number of esters is 1. The maximum atomic E-state index is 12.9. The Morgan fingerprint density at radius 1 is 1.14 bits per heavy atom. The number of anilines is 2. The summed E-state index contributed by atoms with van der Waals surface area (Å²) >= 11 is 0. The normalized spacial score (nSPS) is 20.2. The molecule has 0 unspecified atom stereocenters. The average Bonchev–Trinajstić information content (AvgIpc) is 2.85. The summed E-state index contributed by atoms with van der Waals surface area (Å²) in [6.07, 6.45) is -0.806. The first-order chi connectivity index (χ1) is 14.0. The minimum Gasteiger partial charge on any atom is -0.485 e. The van der Waals surface area contributed by atoms with Crippen molar-refractivity contribution in [2.75, 3.05) is 23.4 Å². The highest BCUT2D eigenvalue weighted by molar-refractivity contribution is 6.05. The van der Waals surface area contributed by atoms with Crippen LogP contribution in [-0.4, -0.2) is 43.1 Å². The molecule has 0 aromatic heterocycles. The van der Waals surface area contributed by atoms with Gasteiger partial charge in [-0.1, -0.05) is 24.3 Å². The van der Waals surface area contributed by atoms with E-state index >= 15 is 0 Å². The largest absolute Gasteiger partial charge is 0.485 e. The van der Waals surface area contributed by atoms with Gasteiger partial charge in [-0.3, -0.25) is 9.59 Å². The first-order valence-electron chi connectivity index (χ1n) is 9.29. The van der Waals surface area contributed by atoms with E-state index in [2.05, 4.69) is 5.32 Å². The van der Waals surface area contributed by atoms with Crippen LogP contribution in [0.3, 0.4) is 0 Å². The third-order valence-electron chi connectivity index (χ3n) is 4.74. The molecular weight excluding hydrogens is 376 g/mol. The van der Waals surface area contributed by atoms with Crippen LogP contribution in [0.2, 0.25) is 0 Å². The summed E-state index contributed by atoms with van der Waals surface area (Å²) in [5.74, 6) is -0.278. The van der Waals surface area contributed by atoms with Crippen LogP contribution in [0.4, 0.5) is 11.4 Å². The van der Waals surface area contributed by atoms with Gasteiger partial charge in [0.2, 0.25) is 12.0 Å². The van der Waals surface area contributed by atoms with Crippen LogP contribution in [0.5, 0.6) is 11.5 Å². The molecule has 0 bridgehead atoms. The second-order valence-corrected chi connectivity index (χ2v) is 6.85. The van der Waals surface area contributed by atoms with Gasteiger partial charge in [-0.2, -0.15) is 0 Å². The van der Waals surface area contributed by atoms with E-state index in [0.717, 1.165) is 0 Å². The Balaban J connectivity index is 1.43. The van der Waals surface area contributed by atoms with E-state index in [9.17, 15) is 14.4 Å². The Kier molecular flexibility index (Phi) is 5.07. The van der Waals surface area contributed by atoms with Crippen LogP contribution in [0.1, 0.15) is 13.3 Å².